The molecule has 4 heteroatoms. The van der Waals surface area contributed by atoms with Gasteiger partial charge in [-0.25, -0.2) is 0 Å². The second-order valence-electron chi connectivity index (χ2n) is 10.5. The Morgan fingerprint density at radius 3 is 1.86 bits per heavy atom. The zero-order chi connectivity index (χ0) is 21.9. The van der Waals surface area contributed by atoms with E-state index in [1.54, 1.807) is 0 Å². The number of hydrogen-bond acceptors (Lipinski definition) is 4. The van der Waals surface area contributed by atoms with Crippen LogP contribution in [0.5, 0.6) is 0 Å². The molecule has 0 aliphatic carbocycles. The second kappa shape index (κ2) is 14.0. The summed E-state index contributed by atoms with van der Waals surface area (Å²) in [5.41, 5.74) is -0.178. The van der Waals surface area contributed by atoms with Gasteiger partial charge in [-0.15, -0.1) is 0 Å². The van der Waals surface area contributed by atoms with Crippen LogP contribution in [0.3, 0.4) is 0 Å². The molecule has 0 aromatic carbocycles. The van der Waals surface area contributed by atoms with Gasteiger partial charge in [-0.2, -0.15) is 5.06 Å². The molecule has 0 aliphatic rings. The molecule has 170 valence electrons. The molecule has 0 rings (SSSR count). The highest BCUT2D eigenvalue weighted by Gasteiger charge is 2.29. The predicted molar refractivity (Wildman–Crippen MR) is 121 cm³/mol. The van der Waals surface area contributed by atoms with Crippen molar-refractivity contribution in [1.29, 1.82) is 0 Å². The Morgan fingerprint density at radius 2 is 1.36 bits per heavy atom. The molecule has 0 spiro atoms. The maximum absolute atomic E-state index is 6.67. The van der Waals surface area contributed by atoms with Gasteiger partial charge in [0.25, 0.3) is 0 Å². The van der Waals surface area contributed by atoms with E-state index in [0.717, 1.165) is 25.2 Å². The molecule has 0 aliphatic heterocycles. The molecule has 3 atom stereocenters. The van der Waals surface area contributed by atoms with Crippen LogP contribution in [-0.4, -0.2) is 49.2 Å². The van der Waals surface area contributed by atoms with Crippen molar-refractivity contribution >= 4 is 0 Å². The lowest BCUT2D eigenvalue weighted by Crippen LogP contribution is -2.40. The van der Waals surface area contributed by atoms with Gasteiger partial charge in [0.1, 0.15) is 0 Å². The van der Waals surface area contributed by atoms with Gasteiger partial charge in [-0.3, -0.25) is 4.84 Å². The fraction of sp³-hybridized carbons (Fsp3) is 1.00. The summed E-state index contributed by atoms with van der Waals surface area (Å²) < 4.78 is 12.2. The van der Waals surface area contributed by atoms with Gasteiger partial charge in [0.2, 0.25) is 0 Å². The topological polar surface area (TPSA) is 30.9 Å². The largest absolute Gasteiger partial charge is 0.376 e. The molecular weight excluding hydrogens is 350 g/mol. The number of hydroxylamine groups is 2. The number of ether oxygens (including phenoxy) is 2. The number of nitrogens with zero attached hydrogens (tertiary/aromatic N) is 1. The summed E-state index contributed by atoms with van der Waals surface area (Å²) in [4.78, 5) is 5.83. The molecule has 28 heavy (non-hydrogen) atoms. The van der Waals surface area contributed by atoms with Crippen molar-refractivity contribution in [2.24, 2.45) is 17.8 Å². The second-order valence-corrected chi connectivity index (χ2v) is 10.5. The highest BCUT2D eigenvalue weighted by molar-refractivity contribution is 4.78. The van der Waals surface area contributed by atoms with Crippen molar-refractivity contribution in [2.45, 2.75) is 119 Å². The molecule has 0 aromatic rings. The monoisotopic (exact) mass is 401 g/mol. The summed E-state index contributed by atoms with van der Waals surface area (Å²) in [6.07, 6.45) is 5.04. The zero-order valence-corrected chi connectivity index (χ0v) is 20.9. The lowest BCUT2D eigenvalue weighted by Gasteiger charge is -2.37. The molecule has 0 aromatic heterocycles. The van der Waals surface area contributed by atoms with Gasteiger partial charge >= 0.3 is 0 Å². The van der Waals surface area contributed by atoms with E-state index in [4.69, 9.17) is 14.3 Å². The first-order valence-electron chi connectivity index (χ1n) is 11.5. The average Bonchev–Trinajstić information content (AvgIpc) is 2.48. The van der Waals surface area contributed by atoms with Crippen LogP contribution in [0.15, 0.2) is 0 Å². The minimum absolute atomic E-state index is 0.178. The van der Waals surface area contributed by atoms with Crippen molar-refractivity contribution in [3.63, 3.8) is 0 Å². The highest BCUT2D eigenvalue weighted by Crippen LogP contribution is 2.28. The Hall–Kier alpha value is -0.160. The first-order chi connectivity index (χ1) is 12.8. The van der Waals surface area contributed by atoms with Gasteiger partial charge in [0.15, 0.2) is 0 Å². The Labute approximate surface area is 176 Å². The van der Waals surface area contributed by atoms with Gasteiger partial charge < -0.3 is 9.47 Å². The van der Waals surface area contributed by atoms with E-state index >= 15 is 0 Å². The normalized spacial score (nSPS) is 16.4. The van der Waals surface area contributed by atoms with E-state index in [0.29, 0.717) is 31.2 Å². The van der Waals surface area contributed by atoms with Crippen LogP contribution in [0.2, 0.25) is 0 Å². The van der Waals surface area contributed by atoms with Crippen LogP contribution >= 0.6 is 0 Å². The first kappa shape index (κ1) is 27.8. The first-order valence-corrected chi connectivity index (χ1v) is 11.5. The smallest absolute Gasteiger partial charge is 0.0919 e. The van der Waals surface area contributed by atoms with Crippen molar-refractivity contribution in [3.8, 4) is 0 Å². The summed E-state index contributed by atoms with van der Waals surface area (Å²) in [5.74, 6) is 2.09. The SMILES string of the molecule is CC(C)CC(C)CC(CC(C)C)OC(C)(C)CC(C)N(C)OCCOC(C)C. The van der Waals surface area contributed by atoms with E-state index in [1.165, 1.54) is 6.42 Å². The van der Waals surface area contributed by atoms with Crippen LogP contribution < -0.4 is 0 Å². The number of rotatable bonds is 16. The lowest BCUT2D eigenvalue weighted by molar-refractivity contribution is -0.191. The molecule has 4 nitrogen and oxygen atoms in total. The maximum atomic E-state index is 6.67. The minimum Gasteiger partial charge on any atom is -0.376 e. The van der Waals surface area contributed by atoms with Crippen molar-refractivity contribution in [2.75, 3.05) is 20.3 Å². The Morgan fingerprint density at radius 1 is 0.786 bits per heavy atom. The third-order valence-electron chi connectivity index (χ3n) is 5.00. The van der Waals surface area contributed by atoms with Gasteiger partial charge in [-0.05, 0) is 78.1 Å². The molecule has 0 N–H and O–H groups in total. The van der Waals surface area contributed by atoms with Gasteiger partial charge in [0, 0.05) is 13.1 Å². The van der Waals surface area contributed by atoms with Crippen LogP contribution in [0.25, 0.3) is 0 Å². The molecule has 0 radical (unpaired) electrons. The maximum Gasteiger partial charge on any atom is 0.0919 e. The van der Waals surface area contributed by atoms with Crippen molar-refractivity contribution < 1.29 is 14.3 Å². The lowest BCUT2D eigenvalue weighted by atomic mass is 9.90. The van der Waals surface area contributed by atoms with E-state index < -0.39 is 0 Å². The summed E-state index contributed by atoms with van der Waals surface area (Å²) >= 11 is 0. The zero-order valence-electron chi connectivity index (χ0n) is 20.9. The average molecular weight is 402 g/mol. The van der Waals surface area contributed by atoms with Crippen LogP contribution in [-0.2, 0) is 14.3 Å². The van der Waals surface area contributed by atoms with E-state index in [9.17, 15) is 0 Å². The van der Waals surface area contributed by atoms with E-state index in [-0.39, 0.29) is 17.7 Å². The van der Waals surface area contributed by atoms with E-state index in [1.807, 2.05) is 26.0 Å². The molecule has 0 saturated carbocycles. The number of hydrogen-bond donors (Lipinski definition) is 0. The Balaban J connectivity index is 4.61. The van der Waals surface area contributed by atoms with Gasteiger partial charge in [-0.1, -0.05) is 34.6 Å². The fourth-order valence-electron chi connectivity index (χ4n) is 4.00. The molecular formula is C24H51NO3. The summed E-state index contributed by atoms with van der Waals surface area (Å²) in [6, 6.07) is 0.279. The highest BCUT2D eigenvalue weighted by atomic mass is 16.7. The minimum atomic E-state index is -0.178. The molecule has 0 heterocycles. The van der Waals surface area contributed by atoms with Crippen molar-refractivity contribution in [3.05, 3.63) is 0 Å². The van der Waals surface area contributed by atoms with Crippen LogP contribution in [0.4, 0.5) is 0 Å². The van der Waals surface area contributed by atoms with E-state index in [2.05, 4.69) is 55.4 Å². The third kappa shape index (κ3) is 14.8. The quantitative estimate of drug-likeness (QED) is 0.223. The summed E-state index contributed by atoms with van der Waals surface area (Å²) in [6.45, 7) is 23.5. The molecule has 0 fully saturated rings. The van der Waals surface area contributed by atoms with Crippen LogP contribution in [0.1, 0.15) is 94.9 Å². The molecule has 0 bridgehead atoms. The summed E-state index contributed by atoms with van der Waals surface area (Å²) in [5, 5.41) is 1.95. The van der Waals surface area contributed by atoms with Gasteiger partial charge in [0.05, 0.1) is 31.0 Å². The fourth-order valence-corrected chi connectivity index (χ4v) is 4.00. The molecule has 0 saturated heterocycles. The Bertz CT molecular complexity index is 382. The van der Waals surface area contributed by atoms with Crippen LogP contribution in [0, 0.1) is 17.8 Å². The molecule has 3 unspecified atom stereocenters. The van der Waals surface area contributed by atoms with Crippen molar-refractivity contribution in [1.82, 2.24) is 5.06 Å². The third-order valence-corrected chi connectivity index (χ3v) is 5.00. The standard InChI is InChI=1S/C24H51NO3/c1-18(2)14-21(7)16-23(15-19(3)4)28-24(9,10)17-22(8)25(11)27-13-12-26-20(5)6/h18-23H,12-17H2,1-11H3. The predicted octanol–water partition coefficient (Wildman–Crippen LogP) is 6.34. The summed E-state index contributed by atoms with van der Waals surface area (Å²) in [7, 11) is 2.01. The molecule has 0 amide bonds. The Kier molecular flexibility index (Phi) is 13.9.